The zero-order valence-corrected chi connectivity index (χ0v) is 13.1. The number of aryl methyl sites for hydroxylation is 2. The molecule has 106 valence electrons. The minimum atomic E-state index is -0.919. The van der Waals surface area contributed by atoms with Crippen LogP contribution in [0.25, 0.3) is 0 Å². The maximum atomic E-state index is 11.1. The van der Waals surface area contributed by atoms with Crippen LogP contribution in [-0.4, -0.2) is 22.0 Å². The van der Waals surface area contributed by atoms with Crippen molar-refractivity contribution in [1.29, 1.82) is 0 Å². The van der Waals surface area contributed by atoms with Crippen LogP contribution in [0.5, 0.6) is 5.75 Å². The van der Waals surface area contributed by atoms with Crippen LogP contribution in [-0.2, 0) is 25.5 Å². The summed E-state index contributed by atoms with van der Waals surface area (Å²) in [5.41, 5.74) is 2.32. The molecule has 1 atom stereocenters. The molecule has 1 aromatic carbocycles. The zero-order chi connectivity index (χ0) is 14.3. The lowest BCUT2D eigenvalue weighted by Gasteiger charge is -2.34. The van der Waals surface area contributed by atoms with Gasteiger partial charge in [-0.2, -0.15) is 5.10 Å². The van der Waals surface area contributed by atoms with Gasteiger partial charge in [-0.05, 0) is 36.1 Å². The predicted octanol–water partition coefficient (Wildman–Crippen LogP) is 2.57. The highest BCUT2D eigenvalue weighted by molar-refractivity contribution is 9.10. The summed E-state index contributed by atoms with van der Waals surface area (Å²) in [7, 11) is 3.45. The van der Waals surface area contributed by atoms with Gasteiger partial charge in [0, 0.05) is 17.9 Å². The molecule has 2 aromatic rings. The maximum absolute atomic E-state index is 11.1. The van der Waals surface area contributed by atoms with Gasteiger partial charge < -0.3 is 9.84 Å². The normalized spacial score (nSPS) is 21.6. The van der Waals surface area contributed by atoms with Crippen LogP contribution in [0.1, 0.15) is 23.2 Å². The van der Waals surface area contributed by atoms with Crippen molar-refractivity contribution in [3.63, 3.8) is 0 Å². The van der Waals surface area contributed by atoms with Gasteiger partial charge in [-0.1, -0.05) is 22.0 Å². The Hall–Kier alpha value is -1.33. The third-order valence-corrected chi connectivity index (χ3v) is 4.52. The van der Waals surface area contributed by atoms with E-state index < -0.39 is 5.60 Å². The van der Waals surface area contributed by atoms with Crippen LogP contribution in [0.2, 0.25) is 0 Å². The monoisotopic (exact) mass is 336 g/mol. The molecule has 20 heavy (non-hydrogen) atoms. The smallest absolute Gasteiger partial charge is 0.162 e. The number of nitrogens with zero attached hydrogens (tertiary/aromatic N) is 2. The first-order valence-corrected chi connectivity index (χ1v) is 7.39. The fourth-order valence-corrected chi connectivity index (χ4v) is 3.45. The number of halogens is 1. The van der Waals surface area contributed by atoms with Gasteiger partial charge in [0.2, 0.25) is 0 Å². The minimum Gasteiger partial charge on any atom is -0.493 e. The molecule has 3 rings (SSSR count). The van der Waals surface area contributed by atoms with Crippen molar-refractivity contribution in [1.82, 2.24) is 9.78 Å². The summed E-state index contributed by atoms with van der Waals surface area (Å²) in [6, 6.07) is 6.23. The predicted molar refractivity (Wildman–Crippen MR) is 79.8 cm³/mol. The first kappa shape index (κ1) is 13.6. The number of fused-ring (bicyclic) bond motifs is 1. The first-order chi connectivity index (χ1) is 9.53. The first-order valence-electron chi connectivity index (χ1n) is 6.59. The molecule has 1 aliphatic rings. The second-order valence-corrected chi connectivity index (χ2v) is 6.22. The van der Waals surface area contributed by atoms with Crippen LogP contribution >= 0.6 is 15.9 Å². The van der Waals surface area contributed by atoms with E-state index in [0.717, 1.165) is 16.6 Å². The number of hydrogen-bond donors (Lipinski definition) is 1. The van der Waals surface area contributed by atoms with E-state index in [4.69, 9.17) is 4.74 Å². The molecule has 0 amide bonds. The van der Waals surface area contributed by atoms with Crippen molar-refractivity contribution in [3.8, 4) is 5.75 Å². The van der Waals surface area contributed by atoms with E-state index in [1.54, 1.807) is 18.0 Å². The van der Waals surface area contributed by atoms with Crippen molar-refractivity contribution >= 4 is 15.9 Å². The number of ether oxygens (including phenoxy) is 1. The van der Waals surface area contributed by atoms with Gasteiger partial charge in [-0.15, -0.1) is 0 Å². The lowest BCUT2D eigenvalue weighted by molar-refractivity contribution is 0.0121. The molecule has 1 unspecified atom stereocenters. The number of aromatic nitrogens is 2. The van der Waals surface area contributed by atoms with Crippen molar-refractivity contribution in [3.05, 3.63) is 45.7 Å². The Balaban J connectivity index is 2.02. The maximum Gasteiger partial charge on any atom is 0.162 e. The quantitative estimate of drug-likeness (QED) is 0.916. The summed E-state index contributed by atoms with van der Waals surface area (Å²) in [5.74, 6) is 0.649. The Labute approximate surface area is 126 Å². The highest BCUT2D eigenvalue weighted by atomic mass is 79.9. The third-order valence-electron chi connectivity index (χ3n) is 4.03. The molecule has 4 nitrogen and oxygen atoms in total. The molecule has 0 saturated heterocycles. The number of methoxy groups -OCH3 is 1. The second kappa shape index (κ2) is 4.90. The summed E-state index contributed by atoms with van der Waals surface area (Å²) < 4.78 is 8.13. The lowest BCUT2D eigenvalue weighted by atomic mass is 9.78. The van der Waals surface area contributed by atoms with E-state index >= 15 is 0 Å². The van der Waals surface area contributed by atoms with Crippen LogP contribution in [0.3, 0.4) is 0 Å². The van der Waals surface area contributed by atoms with Gasteiger partial charge >= 0.3 is 0 Å². The molecule has 0 fully saturated rings. The number of benzene rings is 1. The average molecular weight is 337 g/mol. The van der Waals surface area contributed by atoms with Crippen molar-refractivity contribution in [2.24, 2.45) is 7.05 Å². The molecular weight excluding hydrogens is 320 g/mol. The Morgan fingerprint density at radius 2 is 2.20 bits per heavy atom. The van der Waals surface area contributed by atoms with E-state index in [1.807, 2.05) is 13.1 Å². The van der Waals surface area contributed by atoms with Crippen LogP contribution in [0.15, 0.2) is 28.9 Å². The number of rotatable bonds is 2. The standard InChI is InChI=1S/C15H17BrN2O2/c1-18-14(13(20-2)9-17-18)15(19)6-5-10-7-12(16)4-3-11(10)8-15/h3-4,7,9,19H,5-6,8H2,1-2H3. The Kier molecular flexibility index (Phi) is 3.34. The summed E-state index contributed by atoms with van der Waals surface area (Å²) in [5, 5.41) is 15.3. The Morgan fingerprint density at radius 1 is 1.40 bits per heavy atom. The van der Waals surface area contributed by atoms with Gasteiger partial charge in [-0.3, -0.25) is 4.68 Å². The average Bonchev–Trinajstić information content (AvgIpc) is 2.81. The van der Waals surface area contributed by atoms with Gasteiger partial charge in [0.05, 0.1) is 13.3 Å². The highest BCUT2D eigenvalue weighted by Crippen LogP contribution is 2.40. The number of aliphatic hydroxyl groups is 1. The van der Waals surface area contributed by atoms with Crippen LogP contribution in [0, 0.1) is 0 Å². The van der Waals surface area contributed by atoms with E-state index in [2.05, 4.69) is 33.2 Å². The van der Waals surface area contributed by atoms with Crippen molar-refractivity contribution < 1.29 is 9.84 Å². The summed E-state index contributed by atoms with van der Waals surface area (Å²) in [4.78, 5) is 0. The van der Waals surface area contributed by atoms with Gasteiger partial charge in [-0.25, -0.2) is 0 Å². The summed E-state index contributed by atoms with van der Waals surface area (Å²) in [6.07, 6.45) is 3.77. The molecule has 0 radical (unpaired) electrons. The topological polar surface area (TPSA) is 47.3 Å². The Bertz CT molecular complexity index is 653. The molecule has 1 heterocycles. The van der Waals surface area contributed by atoms with Gasteiger partial charge in [0.25, 0.3) is 0 Å². The minimum absolute atomic E-state index is 0.589. The van der Waals surface area contributed by atoms with Crippen LogP contribution < -0.4 is 4.74 Å². The van der Waals surface area contributed by atoms with E-state index in [1.165, 1.54) is 11.1 Å². The molecule has 1 aliphatic carbocycles. The largest absolute Gasteiger partial charge is 0.493 e. The molecule has 0 spiro atoms. The molecule has 1 aromatic heterocycles. The Morgan fingerprint density at radius 3 is 2.95 bits per heavy atom. The molecular formula is C15H17BrN2O2. The van der Waals surface area contributed by atoms with E-state index in [-0.39, 0.29) is 0 Å². The number of hydrogen-bond acceptors (Lipinski definition) is 3. The second-order valence-electron chi connectivity index (χ2n) is 5.31. The molecule has 0 bridgehead atoms. The molecule has 5 heteroatoms. The summed E-state index contributed by atoms with van der Waals surface area (Å²) in [6.45, 7) is 0. The van der Waals surface area contributed by atoms with Crippen molar-refractivity contribution in [2.75, 3.05) is 7.11 Å². The summed E-state index contributed by atoms with van der Waals surface area (Å²) >= 11 is 3.50. The zero-order valence-electron chi connectivity index (χ0n) is 11.6. The molecule has 0 saturated carbocycles. The lowest BCUT2D eigenvalue weighted by Crippen LogP contribution is -2.35. The SMILES string of the molecule is COc1cnn(C)c1C1(O)CCc2cc(Br)ccc2C1. The van der Waals surface area contributed by atoms with Crippen molar-refractivity contribution in [2.45, 2.75) is 24.9 Å². The van der Waals surface area contributed by atoms with E-state index in [9.17, 15) is 5.11 Å². The fraction of sp³-hybridized carbons (Fsp3) is 0.400. The van der Waals surface area contributed by atoms with Crippen LogP contribution in [0.4, 0.5) is 0 Å². The molecule has 1 N–H and O–H groups in total. The van der Waals surface area contributed by atoms with E-state index in [0.29, 0.717) is 18.6 Å². The highest BCUT2D eigenvalue weighted by Gasteiger charge is 2.38. The fourth-order valence-electron chi connectivity index (χ4n) is 3.04. The van der Waals surface area contributed by atoms with Gasteiger partial charge in [0.15, 0.2) is 5.75 Å². The molecule has 0 aliphatic heterocycles. The van der Waals surface area contributed by atoms with Gasteiger partial charge in [0.1, 0.15) is 11.3 Å². The third kappa shape index (κ3) is 2.15.